The number of ether oxygens (including phenoxy) is 1. The molecule has 1 aliphatic rings. The highest BCUT2D eigenvalue weighted by molar-refractivity contribution is 7.07. The smallest absolute Gasteiger partial charge is 0.119 e. The zero-order valence-corrected chi connectivity index (χ0v) is 11.8. The van der Waals surface area contributed by atoms with E-state index in [9.17, 15) is 0 Å². The van der Waals surface area contributed by atoms with Crippen molar-refractivity contribution in [3.05, 3.63) is 46.4 Å². The van der Waals surface area contributed by atoms with E-state index >= 15 is 0 Å². The molecule has 1 saturated carbocycles. The molecule has 19 heavy (non-hydrogen) atoms. The van der Waals surface area contributed by atoms with Gasteiger partial charge in [0.15, 0.2) is 0 Å². The van der Waals surface area contributed by atoms with Gasteiger partial charge in [0.1, 0.15) is 5.75 Å². The Morgan fingerprint density at radius 1 is 1.42 bits per heavy atom. The molecule has 0 aliphatic heterocycles. The van der Waals surface area contributed by atoms with Gasteiger partial charge in [0.2, 0.25) is 0 Å². The second-order valence-corrected chi connectivity index (χ2v) is 5.72. The first-order valence-corrected chi connectivity index (χ1v) is 7.54. The number of nitrogens with zero attached hydrogens (tertiary/aromatic N) is 1. The summed E-state index contributed by atoms with van der Waals surface area (Å²) in [6.07, 6.45) is 2.41. The normalized spacial score (nSPS) is 21.9. The Morgan fingerprint density at radius 3 is 3.05 bits per heavy atom. The molecule has 0 spiro atoms. The monoisotopic (exact) mass is 274 g/mol. The van der Waals surface area contributed by atoms with Crippen LogP contribution in [0.15, 0.2) is 35.2 Å². The van der Waals surface area contributed by atoms with Crippen LogP contribution >= 0.6 is 11.3 Å². The van der Waals surface area contributed by atoms with Gasteiger partial charge in [0.25, 0.3) is 0 Å². The third kappa shape index (κ3) is 2.96. The second-order valence-electron chi connectivity index (χ2n) is 5.00. The summed E-state index contributed by atoms with van der Waals surface area (Å²) in [5.74, 6) is 1.62. The summed E-state index contributed by atoms with van der Waals surface area (Å²) >= 11 is 1.65. The van der Waals surface area contributed by atoms with Crippen molar-refractivity contribution in [2.45, 2.75) is 31.3 Å². The van der Waals surface area contributed by atoms with Crippen LogP contribution in [0.3, 0.4) is 0 Å². The number of benzene rings is 1. The average Bonchev–Trinajstić information content (AvgIpc) is 2.90. The van der Waals surface area contributed by atoms with Gasteiger partial charge in [-0.25, -0.2) is 4.98 Å². The van der Waals surface area contributed by atoms with Crippen molar-refractivity contribution in [3.8, 4) is 5.75 Å². The van der Waals surface area contributed by atoms with Gasteiger partial charge < -0.3 is 10.1 Å². The minimum absolute atomic E-state index is 0.623. The summed E-state index contributed by atoms with van der Waals surface area (Å²) in [6, 6.07) is 9.05. The molecule has 1 fully saturated rings. The lowest BCUT2D eigenvalue weighted by Crippen LogP contribution is -2.39. The van der Waals surface area contributed by atoms with Crippen molar-refractivity contribution in [2.24, 2.45) is 0 Å². The Kier molecular flexibility index (Phi) is 3.80. The Bertz CT molecular complexity index is 521. The lowest BCUT2D eigenvalue weighted by Gasteiger charge is -2.36. The summed E-state index contributed by atoms with van der Waals surface area (Å²) in [5, 5.41) is 5.67. The fraction of sp³-hybridized carbons (Fsp3) is 0.400. The topological polar surface area (TPSA) is 34.1 Å². The van der Waals surface area contributed by atoms with Crippen LogP contribution in [-0.2, 0) is 6.54 Å². The zero-order chi connectivity index (χ0) is 13.1. The molecule has 0 radical (unpaired) electrons. The summed E-state index contributed by atoms with van der Waals surface area (Å²) in [4.78, 5) is 4.29. The van der Waals surface area contributed by atoms with Crippen LogP contribution < -0.4 is 10.1 Å². The number of hydrogen-bond acceptors (Lipinski definition) is 4. The minimum Gasteiger partial charge on any atom is -0.497 e. The van der Waals surface area contributed by atoms with E-state index in [0.717, 1.165) is 18.0 Å². The van der Waals surface area contributed by atoms with Crippen LogP contribution in [0, 0.1) is 0 Å². The van der Waals surface area contributed by atoms with Crippen molar-refractivity contribution in [2.75, 3.05) is 7.11 Å². The Labute approximate surface area is 117 Å². The molecule has 1 aromatic heterocycles. The van der Waals surface area contributed by atoms with E-state index in [4.69, 9.17) is 4.74 Å². The summed E-state index contributed by atoms with van der Waals surface area (Å²) < 4.78 is 5.27. The third-order valence-corrected chi connectivity index (χ3v) is 4.39. The molecule has 0 atom stereocenters. The molecule has 100 valence electrons. The van der Waals surface area contributed by atoms with Gasteiger partial charge in [-0.2, -0.15) is 0 Å². The molecule has 1 aromatic carbocycles. The van der Waals surface area contributed by atoms with Crippen LogP contribution in [0.2, 0.25) is 0 Å². The largest absolute Gasteiger partial charge is 0.497 e. The van der Waals surface area contributed by atoms with Crippen LogP contribution in [0.5, 0.6) is 5.75 Å². The molecule has 0 saturated heterocycles. The molecule has 3 nitrogen and oxygen atoms in total. The highest BCUT2D eigenvalue weighted by Crippen LogP contribution is 2.38. The molecule has 2 aromatic rings. The summed E-state index contributed by atoms with van der Waals surface area (Å²) in [5.41, 5.74) is 4.43. The highest BCUT2D eigenvalue weighted by Gasteiger charge is 2.29. The van der Waals surface area contributed by atoms with Crippen molar-refractivity contribution in [1.29, 1.82) is 0 Å². The maximum absolute atomic E-state index is 5.27. The number of thiazole rings is 1. The van der Waals surface area contributed by atoms with E-state index in [1.165, 1.54) is 18.4 Å². The molecular formula is C15H18N2OS. The van der Waals surface area contributed by atoms with E-state index in [0.29, 0.717) is 12.0 Å². The maximum atomic E-state index is 5.27. The van der Waals surface area contributed by atoms with Gasteiger partial charge >= 0.3 is 0 Å². The van der Waals surface area contributed by atoms with Crippen molar-refractivity contribution >= 4 is 11.3 Å². The first kappa shape index (κ1) is 12.6. The van der Waals surface area contributed by atoms with Gasteiger partial charge in [-0.1, -0.05) is 12.1 Å². The quantitative estimate of drug-likeness (QED) is 0.909. The predicted octanol–water partition coefficient (Wildman–Crippen LogP) is 3.19. The van der Waals surface area contributed by atoms with Gasteiger partial charge in [-0.15, -0.1) is 11.3 Å². The fourth-order valence-corrected chi connectivity index (χ4v) is 3.08. The van der Waals surface area contributed by atoms with Crippen LogP contribution in [-0.4, -0.2) is 18.1 Å². The molecule has 0 bridgehead atoms. The Morgan fingerprint density at radius 2 is 2.32 bits per heavy atom. The van der Waals surface area contributed by atoms with Crippen molar-refractivity contribution < 1.29 is 4.74 Å². The van der Waals surface area contributed by atoms with E-state index in [-0.39, 0.29) is 0 Å². The average molecular weight is 274 g/mol. The van der Waals surface area contributed by atoms with Gasteiger partial charge in [0, 0.05) is 18.0 Å². The fourth-order valence-electron chi connectivity index (χ4n) is 2.53. The van der Waals surface area contributed by atoms with Crippen LogP contribution in [0.1, 0.15) is 30.0 Å². The first-order valence-electron chi connectivity index (χ1n) is 6.59. The predicted molar refractivity (Wildman–Crippen MR) is 77.7 cm³/mol. The van der Waals surface area contributed by atoms with E-state index < -0.39 is 0 Å². The Hall–Kier alpha value is -1.39. The first-order chi connectivity index (χ1) is 9.35. The number of aromatic nitrogens is 1. The maximum Gasteiger partial charge on any atom is 0.119 e. The number of methoxy groups -OCH3 is 1. The molecule has 1 aliphatic carbocycles. The van der Waals surface area contributed by atoms with E-state index in [1.54, 1.807) is 18.4 Å². The van der Waals surface area contributed by atoms with Crippen LogP contribution in [0.25, 0.3) is 0 Å². The molecule has 0 amide bonds. The lowest BCUT2D eigenvalue weighted by atomic mass is 9.76. The van der Waals surface area contributed by atoms with Crippen LogP contribution in [0.4, 0.5) is 0 Å². The summed E-state index contributed by atoms with van der Waals surface area (Å²) in [6.45, 7) is 0.888. The molecule has 0 unspecified atom stereocenters. The molecule has 4 heteroatoms. The minimum atomic E-state index is 0.623. The number of nitrogens with one attached hydrogen (secondary N) is 1. The van der Waals surface area contributed by atoms with Gasteiger partial charge in [-0.3, -0.25) is 0 Å². The van der Waals surface area contributed by atoms with Gasteiger partial charge in [-0.05, 0) is 36.5 Å². The molecule has 1 N–H and O–H groups in total. The number of hydrogen-bond donors (Lipinski definition) is 1. The SMILES string of the molecule is COc1cccc(C2CC(NCc3cscn3)C2)c1. The van der Waals surface area contributed by atoms with E-state index in [1.807, 2.05) is 11.6 Å². The standard InChI is InChI=1S/C15H18N2OS/c1-18-15-4-2-3-11(7-15)12-5-13(6-12)16-8-14-9-19-10-17-14/h2-4,7,9-10,12-13,16H,5-6,8H2,1H3. The number of rotatable bonds is 5. The molecule has 1 heterocycles. The molecule has 3 rings (SSSR count). The van der Waals surface area contributed by atoms with Gasteiger partial charge in [0.05, 0.1) is 18.3 Å². The highest BCUT2D eigenvalue weighted by atomic mass is 32.1. The van der Waals surface area contributed by atoms with Crippen molar-refractivity contribution in [3.63, 3.8) is 0 Å². The third-order valence-electron chi connectivity index (χ3n) is 3.76. The Balaban J connectivity index is 1.49. The van der Waals surface area contributed by atoms with Crippen molar-refractivity contribution in [1.82, 2.24) is 10.3 Å². The summed E-state index contributed by atoms with van der Waals surface area (Å²) in [7, 11) is 1.72. The second kappa shape index (κ2) is 5.72. The zero-order valence-electron chi connectivity index (χ0n) is 11.0. The lowest BCUT2D eigenvalue weighted by molar-refractivity contribution is 0.288. The van der Waals surface area contributed by atoms with E-state index in [2.05, 4.69) is 33.9 Å². The molecular weight excluding hydrogens is 256 g/mol.